The van der Waals surface area contributed by atoms with Crippen LogP contribution in [0.1, 0.15) is 31.2 Å². The highest BCUT2D eigenvalue weighted by molar-refractivity contribution is 5.80. The number of nitrogens with one attached hydrogen (secondary N) is 1. The second-order valence-electron chi connectivity index (χ2n) is 5.21. The number of ether oxygens (including phenoxy) is 2. The average molecular weight is 263 g/mol. The Hall–Kier alpha value is -1.55. The van der Waals surface area contributed by atoms with Crippen LogP contribution < -0.4 is 10.1 Å². The highest BCUT2D eigenvalue weighted by Crippen LogP contribution is 2.33. The lowest BCUT2D eigenvalue weighted by Gasteiger charge is -2.37. The topological polar surface area (TPSA) is 47.6 Å². The van der Waals surface area contributed by atoms with Crippen LogP contribution in [0.2, 0.25) is 0 Å². The summed E-state index contributed by atoms with van der Waals surface area (Å²) in [6.07, 6.45) is 1.78. The third kappa shape index (κ3) is 2.89. The second-order valence-corrected chi connectivity index (χ2v) is 5.21. The Morgan fingerprint density at radius 3 is 2.58 bits per heavy atom. The summed E-state index contributed by atoms with van der Waals surface area (Å²) in [5.74, 6) is 1.04. The van der Waals surface area contributed by atoms with Crippen molar-refractivity contribution in [1.82, 2.24) is 5.32 Å². The van der Waals surface area contributed by atoms with Gasteiger partial charge in [0.1, 0.15) is 11.3 Å². The van der Waals surface area contributed by atoms with Gasteiger partial charge in [-0.05, 0) is 49.9 Å². The van der Waals surface area contributed by atoms with E-state index in [9.17, 15) is 4.79 Å². The molecule has 2 unspecified atom stereocenters. The van der Waals surface area contributed by atoms with Crippen LogP contribution in [0.25, 0.3) is 0 Å². The fourth-order valence-corrected chi connectivity index (χ4v) is 2.73. The third-order valence-electron chi connectivity index (χ3n) is 3.89. The molecule has 0 aromatic heterocycles. The predicted octanol–water partition coefficient (Wildman–Crippen LogP) is 2.09. The number of benzene rings is 1. The van der Waals surface area contributed by atoms with Crippen molar-refractivity contribution in [2.24, 2.45) is 0 Å². The minimum absolute atomic E-state index is 0.189. The van der Waals surface area contributed by atoms with Crippen LogP contribution >= 0.6 is 0 Å². The zero-order valence-electron chi connectivity index (χ0n) is 11.7. The minimum Gasteiger partial charge on any atom is -0.497 e. The summed E-state index contributed by atoms with van der Waals surface area (Å²) in [4.78, 5) is 11.9. The Bertz CT molecular complexity index is 443. The number of rotatable bonds is 3. The van der Waals surface area contributed by atoms with Crippen molar-refractivity contribution in [3.63, 3.8) is 0 Å². The Labute approximate surface area is 114 Å². The molecular formula is C15H21NO3. The minimum atomic E-state index is -0.586. The van der Waals surface area contributed by atoms with Crippen molar-refractivity contribution >= 4 is 5.97 Å². The van der Waals surface area contributed by atoms with Crippen molar-refractivity contribution < 1.29 is 14.3 Å². The van der Waals surface area contributed by atoms with E-state index in [1.54, 1.807) is 7.11 Å². The molecule has 0 aliphatic carbocycles. The maximum atomic E-state index is 11.9. The summed E-state index contributed by atoms with van der Waals surface area (Å²) in [6, 6.07) is 8.08. The smallest absolute Gasteiger partial charge is 0.325 e. The SMILES string of the molecule is COC(=O)C1(C)CC(c2ccc(OC)cc2)CCN1. The predicted molar refractivity (Wildman–Crippen MR) is 73.4 cm³/mol. The van der Waals surface area contributed by atoms with Gasteiger partial charge in [0.15, 0.2) is 0 Å². The molecule has 104 valence electrons. The van der Waals surface area contributed by atoms with Crippen molar-refractivity contribution in [3.05, 3.63) is 29.8 Å². The van der Waals surface area contributed by atoms with Gasteiger partial charge in [-0.1, -0.05) is 12.1 Å². The van der Waals surface area contributed by atoms with E-state index in [0.29, 0.717) is 5.92 Å². The van der Waals surface area contributed by atoms with E-state index < -0.39 is 5.54 Å². The Morgan fingerprint density at radius 2 is 2.00 bits per heavy atom. The maximum absolute atomic E-state index is 11.9. The first-order valence-electron chi connectivity index (χ1n) is 6.56. The molecule has 1 aromatic carbocycles. The quantitative estimate of drug-likeness (QED) is 0.848. The van der Waals surface area contributed by atoms with Crippen LogP contribution in [0.3, 0.4) is 0 Å². The molecule has 0 saturated carbocycles. The van der Waals surface area contributed by atoms with Crippen molar-refractivity contribution in [2.45, 2.75) is 31.2 Å². The van der Waals surface area contributed by atoms with Gasteiger partial charge >= 0.3 is 5.97 Å². The molecule has 1 aliphatic rings. The lowest BCUT2D eigenvalue weighted by Crippen LogP contribution is -2.54. The molecule has 19 heavy (non-hydrogen) atoms. The second kappa shape index (κ2) is 5.61. The average Bonchev–Trinajstić information content (AvgIpc) is 2.46. The van der Waals surface area contributed by atoms with Crippen LogP contribution in [0, 0.1) is 0 Å². The number of esters is 1. The fraction of sp³-hybridized carbons (Fsp3) is 0.533. The summed E-state index contributed by atoms with van der Waals surface area (Å²) in [7, 11) is 3.10. The largest absolute Gasteiger partial charge is 0.497 e. The number of methoxy groups -OCH3 is 2. The molecule has 0 radical (unpaired) electrons. The molecule has 2 atom stereocenters. The van der Waals surface area contributed by atoms with Crippen LogP contribution in [0.15, 0.2) is 24.3 Å². The summed E-state index contributed by atoms with van der Waals surface area (Å²) in [5.41, 5.74) is 0.662. The van der Waals surface area contributed by atoms with E-state index in [2.05, 4.69) is 17.4 Å². The standard InChI is InChI=1S/C15H21NO3/c1-15(14(17)19-3)10-12(8-9-16-15)11-4-6-13(18-2)7-5-11/h4-7,12,16H,8-10H2,1-3H3. The Balaban J connectivity index is 2.14. The summed E-state index contributed by atoms with van der Waals surface area (Å²) in [5, 5.41) is 3.27. The normalized spacial score (nSPS) is 26.8. The van der Waals surface area contributed by atoms with Gasteiger partial charge in [-0.3, -0.25) is 4.79 Å². The van der Waals surface area contributed by atoms with Crippen molar-refractivity contribution in [1.29, 1.82) is 0 Å². The summed E-state index contributed by atoms with van der Waals surface area (Å²) in [6.45, 7) is 2.73. The van der Waals surface area contributed by atoms with Gasteiger partial charge in [0.05, 0.1) is 14.2 Å². The summed E-state index contributed by atoms with van der Waals surface area (Å²) < 4.78 is 10.1. The molecule has 0 bridgehead atoms. The number of piperidine rings is 1. The van der Waals surface area contributed by atoms with Gasteiger partial charge in [0, 0.05) is 0 Å². The van der Waals surface area contributed by atoms with Crippen molar-refractivity contribution in [3.8, 4) is 5.75 Å². The lowest BCUT2D eigenvalue weighted by molar-refractivity contribution is -0.149. The fourth-order valence-electron chi connectivity index (χ4n) is 2.73. The molecule has 1 fully saturated rings. The molecule has 0 spiro atoms. The van der Waals surface area contributed by atoms with Crippen LogP contribution in [0.4, 0.5) is 0 Å². The highest BCUT2D eigenvalue weighted by atomic mass is 16.5. The summed E-state index contributed by atoms with van der Waals surface area (Å²) >= 11 is 0. The lowest BCUT2D eigenvalue weighted by atomic mass is 9.79. The number of hydrogen-bond acceptors (Lipinski definition) is 4. The van der Waals surface area contributed by atoms with Gasteiger partial charge in [0.2, 0.25) is 0 Å². The number of hydrogen-bond donors (Lipinski definition) is 1. The van der Waals surface area contributed by atoms with E-state index in [1.807, 2.05) is 19.1 Å². The molecule has 1 aromatic rings. The van der Waals surface area contributed by atoms with Crippen LogP contribution in [-0.2, 0) is 9.53 Å². The highest BCUT2D eigenvalue weighted by Gasteiger charge is 2.39. The van der Waals surface area contributed by atoms with E-state index in [-0.39, 0.29) is 5.97 Å². The first kappa shape index (κ1) is 13.9. The zero-order valence-corrected chi connectivity index (χ0v) is 11.7. The number of carbonyl (C=O) groups is 1. The van der Waals surface area contributed by atoms with Gasteiger partial charge < -0.3 is 14.8 Å². The molecular weight excluding hydrogens is 242 g/mol. The molecule has 1 aliphatic heterocycles. The molecule has 4 heteroatoms. The Morgan fingerprint density at radius 1 is 1.32 bits per heavy atom. The van der Waals surface area contributed by atoms with Gasteiger partial charge in [-0.2, -0.15) is 0 Å². The van der Waals surface area contributed by atoms with E-state index in [4.69, 9.17) is 9.47 Å². The first-order chi connectivity index (χ1) is 9.09. The zero-order chi connectivity index (χ0) is 13.9. The molecule has 2 rings (SSSR count). The van der Waals surface area contributed by atoms with E-state index in [0.717, 1.165) is 25.1 Å². The van der Waals surface area contributed by atoms with Crippen molar-refractivity contribution in [2.75, 3.05) is 20.8 Å². The third-order valence-corrected chi connectivity index (χ3v) is 3.89. The van der Waals surface area contributed by atoms with E-state index in [1.165, 1.54) is 12.7 Å². The molecule has 0 amide bonds. The van der Waals surface area contributed by atoms with Crippen LogP contribution in [-0.4, -0.2) is 32.3 Å². The van der Waals surface area contributed by atoms with E-state index >= 15 is 0 Å². The molecule has 4 nitrogen and oxygen atoms in total. The molecule has 1 saturated heterocycles. The maximum Gasteiger partial charge on any atom is 0.325 e. The Kier molecular flexibility index (Phi) is 4.10. The monoisotopic (exact) mass is 263 g/mol. The molecule has 1 N–H and O–H groups in total. The first-order valence-corrected chi connectivity index (χ1v) is 6.56. The number of carbonyl (C=O) groups excluding carboxylic acids is 1. The van der Waals surface area contributed by atoms with Crippen LogP contribution in [0.5, 0.6) is 5.75 Å². The van der Waals surface area contributed by atoms with Gasteiger partial charge in [-0.25, -0.2) is 0 Å². The van der Waals surface area contributed by atoms with Gasteiger partial charge in [-0.15, -0.1) is 0 Å². The molecule has 1 heterocycles. The van der Waals surface area contributed by atoms with Gasteiger partial charge in [0.25, 0.3) is 0 Å².